The largest absolute Gasteiger partial charge is 0.375 e. The molecule has 1 saturated heterocycles. The third kappa shape index (κ3) is 4.45. The fraction of sp³-hybridized carbons (Fsp3) is 0.588. The van der Waals surface area contributed by atoms with E-state index in [0.717, 1.165) is 32.4 Å². The lowest BCUT2D eigenvalue weighted by molar-refractivity contribution is -0.122. The summed E-state index contributed by atoms with van der Waals surface area (Å²) >= 11 is 0. The van der Waals surface area contributed by atoms with Crippen molar-refractivity contribution in [3.63, 3.8) is 0 Å². The Hall–Kier alpha value is -1.10. The van der Waals surface area contributed by atoms with Crippen LogP contribution in [0.5, 0.6) is 0 Å². The third-order valence-corrected chi connectivity index (χ3v) is 4.40. The van der Waals surface area contributed by atoms with Gasteiger partial charge in [-0.25, -0.2) is 0 Å². The quantitative estimate of drug-likeness (QED) is 0.875. The summed E-state index contributed by atoms with van der Waals surface area (Å²) in [6.07, 6.45) is 4.24. The number of ether oxygens (including phenoxy) is 1. The Morgan fingerprint density at radius 3 is 2.91 bits per heavy atom. The Labute approximate surface area is 138 Å². The topological polar surface area (TPSA) is 50.4 Å². The smallest absolute Gasteiger partial charge is 0.220 e. The van der Waals surface area contributed by atoms with E-state index in [4.69, 9.17) is 4.74 Å². The zero-order valence-electron chi connectivity index (χ0n) is 13.1. The van der Waals surface area contributed by atoms with E-state index >= 15 is 0 Å². The van der Waals surface area contributed by atoms with E-state index in [0.29, 0.717) is 19.1 Å². The van der Waals surface area contributed by atoms with Crippen LogP contribution in [0.1, 0.15) is 49.3 Å². The Kier molecular flexibility index (Phi) is 6.24. The van der Waals surface area contributed by atoms with Crippen LogP contribution in [-0.4, -0.2) is 18.1 Å². The molecule has 2 aliphatic heterocycles. The number of fused-ring (bicyclic) bond motifs is 1. The fourth-order valence-corrected chi connectivity index (χ4v) is 3.14. The second kappa shape index (κ2) is 7.95. The van der Waals surface area contributed by atoms with Crippen LogP contribution in [0.2, 0.25) is 0 Å². The van der Waals surface area contributed by atoms with E-state index in [1.54, 1.807) is 0 Å². The average Bonchev–Trinajstić information content (AvgIpc) is 3.10. The van der Waals surface area contributed by atoms with Crippen LogP contribution in [0.4, 0.5) is 0 Å². The zero-order valence-corrected chi connectivity index (χ0v) is 13.9. The molecule has 122 valence electrons. The Balaban J connectivity index is 0.00000176. The Bertz CT molecular complexity index is 521. The molecule has 1 aromatic carbocycles. The molecular formula is C17H25ClN2O2. The Morgan fingerprint density at radius 2 is 2.14 bits per heavy atom. The number of rotatable bonds is 5. The molecule has 0 bridgehead atoms. The van der Waals surface area contributed by atoms with Crippen molar-refractivity contribution in [1.29, 1.82) is 0 Å². The SMILES string of the molecule is CC1CCC(CCC(=O)NCc2ccc3c(c2)CNC3)O1.Cl. The summed E-state index contributed by atoms with van der Waals surface area (Å²) in [5.41, 5.74) is 3.91. The van der Waals surface area contributed by atoms with Gasteiger partial charge in [0.15, 0.2) is 0 Å². The Morgan fingerprint density at radius 1 is 1.32 bits per heavy atom. The lowest BCUT2D eigenvalue weighted by atomic mass is 10.1. The summed E-state index contributed by atoms with van der Waals surface area (Å²) in [6, 6.07) is 6.45. The number of carbonyl (C=O) groups is 1. The predicted molar refractivity (Wildman–Crippen MR) is 88.9 cm³/mol. The number of nitrogens with one attached hydrogen (secondary N) is 2. The molecule has 1 fully saturated rings. The third-order valence-electron chi connectivity index (χ3n) is 4.40. The van der Waals surface area contributed by atoms with Crippen LogP contribution >= 0.6 is 12.4 Å². The van der Waals surface area contributed by atoms with E-state index in [1.165, 1.54) is 16.7 Å². The number of benzene rings is 1. The van der Waals surface area contributed by atoms with Crippen molar-refractivity contribution < 1.29 is 9.53 Å². The van der Waals surface area contributed by atoms with Gasteiger partial charge in [0.25, 0.3) is 0 Å². The molecular weight excluding hydrogens is 300 g/mol. The molecule has 2 unspecified atom stereocenters. The molecule has 2 atom stereocenters. The van der Waals surface area contributed by atoms with Gasteiger partial charge in [0.2, 0.25) is 5.91 Å². The second-order valence-electron chi connectivity index (χ2n) is 6.17. The van der Waals surface area contributed by atoms with Gasteiger partial charge in [-0.3, -0.25) is 4.79 Å². The minimum Gasteiger partial charge on any atom is -0.375 e. The van der Waals surface area contributed by atoms with Crippen molar-refractivity contribution in [3.05, 3.63) is 34.9 Å². The maximum absolute atomic E-state index is 11.9. The van der Waals surface area contributed by atoms with Crippen molar-refractivity contribution in [2.75, 3.05) is 0 Å². The van der Waals surface area contributed by atoms with Gasteiger partial charge in [0.05, 0.1) is 12.2 Å². The molecule has 0 aliphatic carbocycles. The van der Waals surface area contributed by atoms with Crippen LogP contribution in [0.25, 0.3) is 0 Å². The number of hydrogen-bond donors (Lipinski definition) is 2. The van der Waals surface area contributed by atoms with E-state index in [9.17, 15) is 4.79 Å². The number of carbonyl (C=O) groups excluding carboxylic acids is 1. The second-order valence-corrected chi connectivity index (χ2v) is 6.17. The van der Waals surface area contributed by atoms with Crippen LogP contribution in [-0.2, 0) is 29.2 Å². The first kappa shape index (κ1) is 17.3. The van der Waals surface area contributed by atoms with Crippen LogP contribution in [0.15, 0.2) is 18.2 Å². The normalized spacial score (nSPS) is 23.0. The number of halogens is 1. The monoisotopic (exact) mass is 324 g/mol. The first-order valence-electron chi connectivity index (χ1n) is 7.94. The van der Waals surface area contributed by atoms with Gasteiger partial charge in [-0.05, 0) is 42.9 Å². The molecule has 0 saturated carbocycles. The molecule has 0 radical (unpaired) electrons. The van der Waals surface area contributed by atoms with Gasteiger partial charge in [-0.1, -0.05) is 18.2 Å². The highest BCUT2D eigenvalue weighted by Gasteiger charge is 2.22. The maximum Gasteiger partial charge on any atom is 0.220 e. The maximum atomic E-state index is 11.9. The highest BCUT2D eigenvalue weighted by molar-refractivity contribution is 5.85. The summed E-state index contributed by atoms with van der Waals surface area (Å²) in [6.45, 7) is 4.62. The fourth-order valence-electron chi connectivity index (χ4n) is 3.14. The van der Waals surface area contributed by atoms with Crippen molar-refractivity contribution in [2.45, 2.75) is 64.4 Å². The molecule has 3 rings (SSSR count). The van der Waals surface area contributed by atoms with E-state index in [-0.39, 0.29) is 24.4 Å². The van der Waals surface area contributed by atoms with E-state index in [2.05, 4.69) is 35.8 Å². The summed E-state index contributed by atoms with van der Waals surface area (Å²) < 4.78 is 5.74. The summed E-state index contributed by atoms with van der Waals surface area (Å²) in [7, 11) is 0. The molecule has 2 aliphatic rings. The first-order chi connectivity index (χ1) is 10.2. The zero-order chi connectivity index (χ0) is 14.7. The van der Waals surface area contributed by atoms with E-state index in [1.807, 2.05) is 0 Å². The molecule has 2 heterocycles. The number of amides is 1. The summed E-state index contributed by atoms with van der Waals surface area (Å²) in [5.74, 6) is 0.122. The predicted octanol–water partition coefficient (Wildman–Crippen LogP) is 2.68. The summed E-state index contributed by atoms with van der Waals surface area (Å²) in [5, 5.41) is 6.34. The minimum atomic E-state index is 0. The van der Waals surface area contributed by atoms with Crippen molar-refractivity contribution in [3.8, 4) is 0 Å². The van der Waals surface area contributed by atoms with Gasteiger partial charge in [-0.15, -0.1) is 12.4 Å². The summed E-state index contributed by atoms with van der Waals surface area (Å²) in [4.78, 5) is 11.9. The van der Waals surface area contributed by atoms with Crippen molar-refractivity contribution >= 4 is 18.3 Å². The molecule has 1 amide bonds. The van der Waals surface area contributed by atoms with Crippen molar-refractivity contribution in [1.82, 2.24) is 10.6 Å². The lowest BCUT2D eigenvalue weighted by Crippen LogP contribution is -2.24. The molecule has 22 heavy (non-hydrogen) atoms. The molecule has 0 spiro atoms. The van der Waals surface area contributed by atoms with Gasteiger partial charge < -0.3 is 15.4 Å². The van der Waals surface area contributed by atoms with Crippen LogP contribution < -0.4 is 10.6 Å². The van der Waals surface area contributed by atoms with Gasteiger partial charge in [-0.2, -0.15) is 0 Å². The minimum absolute atomic E-state index is 0. The average molecular weight is 325 g/mol. The number of hydrogen-bond acceptors (Lipinski definition) is 3. The molecule has 1 aromatic rings. The lowest BCUT2D eigenvalue weighted by Gasteiger charge is -2.11. The van der Waals surface area contributed by atoms with Gasteiger partial charge >= 0.3 is 0 Å². The first-order valence-corrected chi connectivity index (χ1v) is 7.94. The van der Waals surface area contributed by atoms with Crippen LogP contribution in [0.3, 0.4) is 0 Å². The molecule has 0 aromatic heterocycles. The molecule has 5 heteroatoms. The molecule has 4 nitrogen and oxygen atoms in total. The van der Waals surface area contributed by atoms with E-state index < -0.39 is 0 Å². The molecule has 2 N–H and O–H groups in total. The van der Waals surface area contributed by atoms with Crippen molar-refractivity contribution in [2.24, 2.45) is 0 Å². The standard InChI is InChI=1S/C17H24N2O2.ClH/c1-12-2-5-16(21-12)6-7-17(20)19-9-13-3-4-14-10-18-11-15(14)8-13;/h3-4,8,12,16,18H,2,5-7,9-11H2,1H3,(H,19,20);1H. The van der Waals surface area contributed by atoms with Gasteiger partial charge in [0, 0.05) is 26.1 Å². The van der Waals surface area contributed by atoms with Gasteiger partial charge in [0.1, 0.15) is 0 Å². The van der Waals surface area contributed by atoms with Crippen LogP contribution in [0, 0.1) is 0 Å². The highest BCUT2D eigenvalue weighted by Crippen LogP contribution is 2.22. The highest BCUT2D eigenvalue weighted by atomic mass is 35.5.